The number of phenolic OH excluding ortho intramolecular Hbond substituents is 1. The Morgan fingerprint density at radius 3 is 2.61 bits per heavy atom. The van der Waals surface area contributed by atoms with Crippen LogP contribution in [0.5, 0.6) is 5.75 Å². The summed E-state index contributed by atoms with van der Waals surface area (Å²) in [5, 5.41) is 13.6. The number of rotatable bonds is 6. The first-order valence-electron chi connectivity index (χ1n) is 10.9. The van der Waals surface area contributed by atoms with Crippen molar-refractivity contribution in [3.8, 4) is 22.7 Å². The third kappa shape index (κ3) is 4.69. The van der Waals surface area contributed by atoms with Crippen LogP contribution >= 0.6 is 11.6 Å². The van der Waals surface area contributed by atoms with Gasteiger partial charge in [-0.05, 0) is 48.4 Å². The maximum absolute atomic E-state index is 13.4. The summed E-state index contributed by atoms with van der Waals surface area (Å²) in [5.74, 6) is -0.0826. The Bertz CT molecular complexity index is 1380. The van der Waals surface area contributed by atoms with Crippen molar-refractivity contribution in [2.45, 2.75) is 18.8 Å². The minimum Gasteiger partial charge on any atom is -0.508 e. The first-order chi connectivity index (χ1) is 17.2. The summed E-state index contributed by atoms with van der Waals surface area (Å²) in [6.07, 6.45) is -0.483. The van der Waals surface area contributed by atoms with Gasteiger partial charge >= 0.3 is 6.18 Å². The minimum atomic E-state index is -4.64. The molecule has 11 heteroatoms. The van der Waals surface area contributed by atoms with Gasteiger partial charge in [-0.15, -0.1) is 0 Å². The Morgan fingerprint density at radius 1 is 1.14 bits per heavy atom. The summed E-state index contributed by atoms with van der Waals surface area (Å²) in [6, 6.07) is 11.8. The molecular weight excluding hydrogens is 499 g/mol. The average Bonchev–Trinajstić information content (AvgIpc) is 3.58. The summed E-state index contributed by atoms with van der Waals surface area (Å²) in [7, 11) is 0. The second-order valence-corrected chi connectivity index (χ2v) is 8.63. The summed E-state index contributed by atoms with van der Waals surface area (Å²) in [5.41, 5.74) is 1.56. The van der Waals surface area contributed by atoms with Crippen molar-refractivity contribution >= 4 is 17.5 Å². The number of hydrogen-bond donors (Lipinski definition) is 1. The van der Waals surface area contributed by atoms with Gasteiger partial charge in [0.25, 0.3) is 5.91 Å². The lowest BCUT2D eigenvalue weighted by Crippen LogP contribution is -2.30. The standard InChI is InChI=1S/C25H19ClF3N3O4/c26-21-6-3-17(11-20(21)25(27,28)29)32-12-19(23(30-32)16-8-10-35-13-16)24-31(22(34)14-36-24)9-7-15-1-4-18(33)5-2-15/h1-6,8,10-13,24,33H,7,9,14H2. The predicted molar refractivity (Wildman–Crippen MR) is 123 cm³/mol. The van der Waals surface area contributed by atoms with Crippen molar-refractivity contribution in [3.05, 3.63) is 89.0 Å². The molecule has 1 aliphatic rings. The van der Waals surface area contributed by atoms with Crippen molar-refractivity contribution < 1.29 is 32.2 Å². The van der Waals surface area contributed by atoms with Gasteiger partial charge in [-0.2, -0.15) is 18.3 Å². The molecule has 0 saturated carbocycles. The lowest BCUT2D eigenvalue weighted by Gasteiger charge is -2.23. The highest BCUT2D eigenvalue weighted by atomic mass is 35.5. The van der Waals surface area contributed by atoms with Crippen LogP contribution in [0.1, 0.15) is 22.9 Å². The number of hydrogen-bond acceptors (Lipinski definition) is 5. The molecule has 186 valence electrons. The molecule has 4 aromatic rings. The van der Waals surface area contributed by atoms with E-state index in [9.17, 15) is 23.1 Å². The smallest absolute Gasteiger partial charge is 0.417 e. The second kappa shape index (κ2) is 9.36. The van der Waals surface area contributed by atoms with Crippen molar-refractivity contribution in [1.29, 1.82) is 0 Å². The van der Waals surface area contributed by atoms with Crippen molar-refractivity contribution in [2.75, 3.05) is 13.2 Å². The largest absolute Gasteiger partial charge is 0.508 e. The van der Waals surface area contributed by atoms with E-state index in [-0.39, 0.29) is 24.0 Å². The van der Waals surface area contributed by atoms with Crippen LogP contribution in [-0.2, 0) is 22.1 Å². The third-order valence-electron chi connectivity index (χ3n) is 5.87. The zero-order valence-electron chi connectivity index (χ0n) is 18.6. The fraction of sp³-hybridized carbons (Fsp3) is 0.200. The first kappa shape index (κ1) is 24.0. The van der Waals surface area contributed by atoms with E-state index < -0.39 is 23.0 Å². The fourth-order valence-corrected chi connectivity index (χ4v) is 4.29. The number of amides is 1. The van der Waals surface area contributed by atoms with Gasteiger partial charge in [0.1, 0.15) is 18.1 Å². The SMILES string of the molecule is O=C1COC(c2cn(-c3ccc(Cl)c(C(F)(F)F)c3)nc2-c2ccoc2)N1CCc1ccc(O)cc1. The molecule has 2 aromatic carbocycles. The molecule has 3 heterocycles. The van der Waals surface area contributed by atoms with Crippen molar-refractivity contribution in [1.82, 2.24) is 14.7 Å². The Labute approximate surface area is 208 Å². The Balaban J connectivity index is 1.51. The van der Waals surface area contributed by atoms with Crippen molar-refractivity contribution in [3.63, 3.8) is 0 Å². The molecule has 1 unspecified atom stereocenters. The highest BCUT2D eigenvalue weighted by Gasteiger charge is 2.37. The highest BCUT2D eigenvalue weighted by Crippen LogP contribution is 2.38. The molecule has 36 heavy (non-hydrogen) atoms. The molecule has 1 fully saturated rings. The number of alkyl halides is 3. The first-order valence-corrected chi connectivity index (χ1v) is 11.3. The number of ether oxygens (including phenoxy) is 1. The number of halogens is 4. The number of nitrogens with zero attached hydrogens (tertiary/aromatic N) is 3. The van der Waals surface area contributed by atoms with Gasteiger partial charge in [0.2, 0.25) is 0 Å². The van der Waals surface area contributed by atoms with E-state index in [1.807, 2.05) is 0 Å². The lowest BCUT2D eigenvalue weighted by atomic mass is 10.1. The number of aromatic nitrogens is 2. The van der Waals surface area contributed by atoms with E-state index in [0.717, 1.165) is 17.7 Å². The number of phenols is 1. The van der Waals surface area contributed by atoms with Crippen LogP contribution < -0.4 is 0 Å². The zero-order chi connectivity index (χ0) is 25.4. The van der Waals surface area contributed by atoms with E-state index in [1.165, 1.54) is 23.3 Å². The predicted octanol–water partition coefficient (Wildman–Crippen LogP) is 5.61. The number of aromatic hydroxyl groups is 1. The van der Waals surface area contributed by atoms with Crippen LogP contribution in [0, 0.1) is 0 Å². The van der Waals surface area contributed by atoms with Gasteiger partial charge in [-0.25, -0.2) is 4.68 Å². The molecule has 1 aliphatic heterocycles. The van der Waals surface area contributed by atoms with Gasteiger partial charge in [-0.3, -0.25) is 4.79 Å². The summed E-state index contributed by atoms with van der Waals surface area (Å²) in [6.45, 7) is 0.179. The number of furan rings is 1. The highest BCUT2D eigenvalue weighted by molar-refractivity contribution is 6.31. The molecule has 0 spiro atoms. The van der Waals surface area contributed by atoms with Gasteiger partial charge in [0, 0.05) is 23.9 Å². The van der Waals surface area contributed by atoms with Crippen LogP contribution in [0.2, 0.25) is 5.02 Å². The van der Waals surface area contributed by atoms with E-state index in [4.69, 9.17) is 20.8 Å². The van der Waals surface area contributed by atoms with Crippen LogP contribution in [-0.4, -0.2) is 38.8 Å². The van der Waals surface area contributed by atoms with E-state index in [1.54, 1.807) is 41.4 Å². The second-order valence-electron chi connectivity index (χ2n) is 8.22. The molecule has 0 aliphatic carbocycles. The van der Waals surface area contributed by atoms with Crippen LogP contribution in [0.25, 0.3) is 16.9 Å². The van der Waals surface area contributed by atoms with Gasteiger partial charge in [0.05, 0.1) is 28.8 Å². The van der Waals surface area contributed by atoms with Crippen LogP contribution in [0.3, 0.4) is 0 Å². The molecule has 1 amide bonds. The Hall–Kier alpha value is -3.76. The Morgan fingerprint density at radius 2 is 1.92 bits per heavy atom. The fourth-order valence-electron chi connectivity index (χ4n) is 4.06. The van der Waals surface area contributed by atoms with Crippen molar-refractivity contribution in [2.24, 2.45) is 0 Å². The molecule has 1 N–H and O–H groups in total. The number of carbonyl (C=O) groups excluding carboxylic acids is 1. The monoisotopic (exact) mass is 517 g/mol. The Kier molecular flexibility index (Phi) is 6.23. The van der Waals surface area contributed by atoms with Gasteiger partial charge < -0.3 is 19.2 Å². The maximum Gasteiger partial charge on any atom is 0.417 e. The number of carbonyl (C=O) groups is 1. The quantitative estimate of drug-likeness (QED) is 0.359. The van der Waals surface area contributed by atoms with Gasteiger partial charge in [0.15, 0.2) is 6.23 Å². The normalized spacial score (nSPS) is 16.2. The maximum atomic E-state index is 13.4. The molecule has 0 radical (unpaired) electrons. The lowest BCUT2D eigenvalue weighted by molar-refractivity contribution is -0.137. The molecule has 5 rings (SSSR count). The third-order valence-corrected chi connectivity index (χ3v) is 6.20. The van der Waals surface area contributed by atoms with Crippen LogP contribution in [0.15, 0.2) is 71.7 Å². The molecular formula is C25H19ClF3N3O4. The molecule has 1 saturated heterocycles. The number of benzene rings is 2. The molecule has 2 aromatic heterocycles. The summed E-state index contributed by atoms with van der Waals surface area (Å²) >= 11 is 5.78. The summed E-state index contributed by atoms with van der Waals surface area (Å²) < 4.78 is 52.6. The average molecular weight is 518 g/mol. The minimum absolute atomic E-state index is 0.141. The van der Waals surface area contributed by atoms with E-state index in [0.29, 0.717) is 29.8 Å². The van der Waals surface area contributed by atoms with E-state index >= 15 is 0 Å². The zero-order valence-corrected chi connectivity index (χ0v) is 19.3. The topological polar surface area (TPSA) is 80.7 Å². The van der Waals surface area contributed by atoms with Gasteiger partial charge in [-0.1, -0.05) is 23.7 Å². The molecule has 1 atom stereocenters. The summed E-state index contributed by atoms with van der Waals surface area (Å²) in [4.78, 5) is 14.2. The van der Waals surface area contributed by atoms with E-state index in [2.05, 4.69) is 5.10 Å². The molecule has 0 bridgehead atoms. The molecule has 7 nitrogen and oxygen atoms in total. The van der Waals surface area contributed by atoms with Crippen LogP contribution in [0.4, 0.5) is 13.2 Å².